The Hall–Kier alpha value is -0.160. The van der Waals surface area contributed by atoms with E-state index in [1.54, 1.807) is 0 Å². The molecule has 1 unspecified atom stereocenters. The lowest BCUT2D eigenvalue weighted by Crippen LogP contribution is -2.28. The van der Waals surface area contributed by atoms with Crippen LogP contribution in [0.2, 0.25) is 0 Å². The zero-order chi connectivity index (χ0) is 11.3. The smallest absolute Gasteiger partial charge is 0.0474 e. The standard InChI is InChI=1S/C11H14Br2N2/c1-2-3-4-11(15-14)9-7-8(12)5-6-10(9)13/h2,5-7,11,15H,1,3-4,14H2. The molecule has 0 heterocycles. The Morgan fingerprint density at radius 1 is 1.47 bits per heavy atom. The van der Waals surface area contributed by atoms with E-state index in [0.29, 0.717) is 0 Å². The van der Waals surface area contributed by atoms with Gasteiger partial charge in [0, 0.05) is 15.0 Å². The quantitative estimate of drug-likeness (QED) is 0.490. The molecule has 0 spiro atoms. The van der Waals surface area contributed by atoms with Crippen molar-refractivity contribution in [2.24, 2.45) is 5.84 Å². The number of nitrogens with two attached hydrogens (primary N) is 1. The van der Waals surface area contributed by atoms with Gasteiger partial charge in [-0.25, -0.2) is 0 Å². The molecule has 1 aromatic carbocycles. The van der Waals surface area contributed by atoms with Gasteiger partial charge >= 0.3 is 0 Å². The summed E-state index contributed by atoms with van der Waals surface area (Å²) >= 11 is 6.97. The average Bonchev–Trinajstić information content (AvgIpc) is 2.24. The number of halogens is 2. The first-order chi connectivity index (χ1) is 7.19. The second kappa shape index (κ2) is 6.43. The van der Waals surface area contributed by atoms with Crippen molar-refractivity contribution in [3.8, 4) is 0 Å². The van der Waals surface area contributed by atoms with E-state index in [1.807, 2.05) is 18.2 Å². The third kappa shape index (κ3) is 3.72. The summed E-state index contributed by atoms with van der Waals surface area (Å²) in [6.07, 6.45) is 3.78. The van der Waals surface area contributed by atoms with Gasteiger partial charge in [0.15, 0.2) is 0 Å². The maximum Gasteiger partial charge on any atom is 0.0474 e. The Kier molecular flexibility index (Phi) is 5.53. The fraction of sp³-hybridized carbons (Fsp3) is 0.273. The van der Waals surface area contributed by atoms with Crippen LogP contribution < -0.4 is 11.3 Å². The van der Waals surface area contributed by atoms with Gasteiger partial charge in [-0.2, -0.15) is 0 Å². The SMILES string of the molecule is C=CCCC(NN)c1cc(Br)ccc1Br. The van der Waals surface area contributed by atoms with E-state index in [0.717, 1.165) is 27.4 Å². The van der Waals surface area contributed by atoms with Gasteiger partial charge in [0.05, 0.1) is 0 Å². The molecule has 4 heteroatoms. The van der Waals surface area contributed by atoms with E-state index in [4.69, 9.17) is 5.84 Å². The second-order valence-corrected chi connectivity index (χ2v) is 5.02. The number of hydrogen-bond donors (Lipinski definition) is 2. The summed E-state index contributed by atoms with van der Waals surface area (Å²) < 4.78 is 2.12. The molecule has 3 N–H and O–H groups in total. The van der Waals surface area contributed by atoms with E-state index < -0.39 is 0 Å². The number of nitrogens with one attached hydrogen (secondary N) is 1. The lowest BCUT2D eigenvalue weighted by Gasteiger charge is -2.17. The Morgan fingerprint density at radius 2 is 2.20 bits per heavy atom. The largest absolute Gasteiger partial charge is 0.271 e. The number of benzene rings is 1. The highest BCUT2D eigenvalue weighted by Gasteiger charge is 2.12. The van der Waals surface area contributed by atoms with Crippen molar-refractivity contribution in [1.82, 2.24) is 5.43 Å². The van der Waals surface area contributed by atoms with Gasteiger partial charge < -0.3 is 0 Å². The lowest BCUT2D eigenvalue weighted by molar-refractivity contribution is 0.519. The summed E-state index contributed by atoms with van der Waals surface area (Å²) in [5.41, 5.74) is 3.98. The van der Waals surface area contributed by atoms with Crippen LogP contribution in [0.4, 0.5) is 0 Å². The molecule has 1 aromatic rings. The van der Waals surface area contributed by atoms with Gasteiger partial charge in [-0.1, -0.05) is 37.9 Å². The highest BCUT2D eigenvalue weighted by Crippen LogP contribution is 2.28. The molecule has 0 aliphatic heterocycles. The van der Waals surface area contributed by atoms with E-state index in [-0.39, 0.29) is 6.04 Å². The minimum atomic E-state index is 0.148. The van der Waals surface area contributed by atoms with E-state index in [2.05, 4.69) is 49.9 Å². The van der Waals surface area contributed by atoms with Crippen molar-refractivity contribution in [3.05, 3.63) is 45.4 Å². The van der Waals surface area contributed by atoms with Crippen LogP contribution in [-0.2, 0) is 0 Å². The molecule has 15 heavy (non-hydrogen) atoms. The average molecular weight is 334 g/mol. The van der Waals surface area contributed by atoms with Crippen molar-refractivity contribution in [1.29, 1.82) is 0 Å². The van der Waals surface area contributed by atoms with Crippen LogP contribution in [0.25, 0.3) is 0 Å². The fourth-order valence-electron chi connectivity index (χ4n) is 1.39. The summed E-state index contributed by atoms with van der Waals surface area (Å²) in [5, 5.41) is 0. The third-order valence-corrected chi connectivity index (χ3v) is 3.41. The predicted molar refractivity (Wildman–Crippen MR) is 71.3 cm³/mol. The number of hydrazine groups is 1. The fourth-order valence-corrected chi connectivity index (χ4v) is 2.30. The number of hydrogen-bond acceptors (Lipinski definition) is 2. The molecule has 1 rings (SSSR count). The van der Waals surface area contributed by atoms with E-state index in [9.17, 15) is 0 Å². The van der Waals surface area contributed by atoms with Crippen LogP contribution >= 0.6 is 31.9 Å². The van der Waals surface area contributed by atoms with E-state index in [1.165, 1.54) is 0 Å². The van der Waals surface area contributed by atoms with Crippen molar-refractivity contribution >= 4 is 31.9 Å². The predicted octanol–water partition coefficient (Wildman–Crippen LogP) is 3.68. The molecular weight excluding hydrogens is 320 g/mol. The van der Waals surface area contributed by atoms with Crippen LogP contribution in [0.15, 0.2) is 39.8 Å². The Morgan fingerprint density at radius 3 is 2.80 bits per heavy atom. The highest BCUT2D eigenvalue weighted by molar-refractivity contribution is 9.11. The summed E-state index contributed by atoms with van der Waals surface area (Å²) in [4.78, 5) is 0. The van der Waals surface area contributed by atoms with Crippen LogP contribution in [0.1, 0.15) is 24.4 Å². The molecule has 1 atom stereocenters. The van der Waals surface area contributed by atoms with Crippen molar-refractivity contribution < 1.29 is 0 Å². The molecule has 0 aliphatic carbocycles. The lowest BCUT2D eigenvalue weighted by atomic mass is 10.0. The molecule has 0 aromatic heterocycles. The normalized spacial score (nSPS) is 12.5. The first-order valence-corrected chi connectivity index (χ1v) is 6.29. The molecule has 2 nitrogen and oxygen atoms in total. The van der Waals surface area contributed by atoms with Gasteiger partial charge in [-0.15, -0.1) is 6.58 Å². The Labute approximate surface area is 107 Å². The van der Waals surface area contributed by atoms with Crippen LogP contribution in [0.3, 0.4) is 0 Å². The second-order valence-electron chi connectivity index (χ2n) is 3.25. The molecule has 0 amide bonds. The Bertz CT molecular complexity index is 339. The van der Waals surface area contributed by atoms with Gasteiger partial charge in [0.1, 0.15) is 0 Å². The number of rotatable bonds is 5. The van der Waals surface area contributed by atoms with Crippen LogP contribution in [0.5, 0.6) is 0 Å². The van der Waals surface area contributed by atoms with Crippen molar-refractivity contribution in [3.63, 3.8) is 0 Å². The first-order valence-electron chi connectivity index (χ1n) is 4.71. The topological polar surface area (TPSA) is 38.0 Å². The molecular formula is C11H14Br2N2. The van der Waals surface area contributed by atoms with Crippen molar-refractivity contribution in [2.45, 2.75) is 18.9 Å². The minimum absolute atomic E-state index is 0.148. The maximum atomic E-state index is 5.54. The van der Waals surface area contributed by atoms with Crippen LogP contribution in [0, 0.1) is 0 Å². The summed E-state index contributed by atoms with van der Waals surface area (Å²) in [6.45, 7) is 3.71. The molecule has 0 fully saturated rings. The molecule has 0 radical (unpaired) electrons. The highest BCUT2D eigenvalue weighted by atomic mass is 79.9. The molecule has 0 aliphatic rings. The van der Waals surface area contributed by atoms with E-state index >= 15 is 0 Å². The molecule has 0 saturated heterocycles. The number of allylic oxidation sites excluding steroid dienone is 1. The molecule has 0 bridgehead atoms. The monoisotopic (exact) mass is 332 g/mol. The van der Waals surface area contributed by atoms with Crippen LogP contribution in [-0.4, -0.2) is 0 Å². The third-order valence-electron chi connectivity index (χ3n) is 2.19. The summed E-state index contributed by atoms with van der Waals surface area (Å²) in [6, 6.07) is 6.22. The minimum Gasteiger partial charge on any atom is -0.271 e. The van der Waals surface area contributed by atoms with Gasteiger partial charge in [-0.3, -0.25) is 11.3 Å². The van der Waals surface area contributed by atoms with Gasteiger partial charge in [0.25, 0.3) is 0 Å². The van der Waals surface area contributed by atoms with Gasteiger partial charge in [0.2, 0.25) is 0 Å². The Balaban J connectivity index is 2.89. The first kappa shape index (κ1) is 12.9. The summed E-state index contributed by atoms with van der Waals surface area (Å²) in [7, 11) is 0. The molecule has 82 valence electrons. The van der Waals surface area contributed by atoms with Crippen molar-refractivity contribution in [2.75, 3.05) is 0 Å². The maximum absolute atomic E-state index is 5.54. The zero-order valence-electron chi connectivity index (χ0n) is 8.34. The molecule has 0 saturated carbocycles. The zero-order valence-corrected chi connectivity index (χ0v) is 11.5. The van der Waals surface area contributed by atoms with Gasteiger partial charge in [-0.05, 0) is 36.6 Å². The summed E-state index contributed by atoms with van der Waals surface area (Å²) in [5.74, 6) is 5.54.